The first kappa shape index (κ1) is 25.2. The van der Waals surface area contributed by atoms with Gasteiger partial charge in [0, 0.05) is 46.0 Å². The molecule has 3 rings (SSSR count). The fourth-order valence-electron chi connectivity index (χ4n) is 3.60. The average Bonchev–Trinajstić information content (AvgIpc) is 2.77. The van der Waals surface area contributed by atoms with Crippen molar-refractivity contribution in [3.8, 4) is 0 Å². The smallest absolute Gasteiger partial charge is 0.255 e. The minimum absolute atomic E-state index is 0.0157. The van der Waals surface area contributed by atoms with Crippen molar-refractivity contribution < 1.29 is 18.0 Å². The van der Waals surface area contributed by atoms with E-state index >= 15 is 0 Å². The molecule has 1 aliphatic heterocycles. The maximum Gasteiger partial charge on any atom is 0.255 e. The SMILES string of the molecule is Cc1cccc(NC(=O)CN2CCN(C(=O)c3cc(S(=O)(=O)N(C)C)ccc3Cl)CC2)c1C. The first-order valence-electron chi connectivity index (χ1n) is 10.6. The van der Waals surface area contributed by atoms with Crippen LogP contribution in [-0.2, 0) is 14.8 Å². The molecule has 2 aromatic carbocycles. The van der Waals surface area contributed by atoms with E-state index in [1.54, 1.807) is 4.90 Å². The van der Waals surface area contributed by atoms with Crippen LogP contribution in [0, 0.1) is 13.8 Å². The Hall–Kier alpha value is -2.46. The first-order valence-corrected chi connectivity index (χ1v) is 12.4. The minimum atomic E-state index is -3.68. The van der Waals surface area contributed by atoms with Gasteiger partial charge in [0.05, 0.1) is 22.0 Å². The van der Waals surface area contributed by atoms with Gasteiger partial charge < -0.3 is 10.2 Å². The van der Waals surface area contributed by atoms with Gasteiger partial charge >= 0.3 is 0 Å². The van der Waals surface area contributed by atoms with Crippen molar-refractivity contribution in [2.75, 3.05) is 52.1 Å². The van der Waals surface area contributed by atoms with Gasteiger partial charge in [-0.3, -0.25) is 14.5 Å². The minimum Gasteiger partial charge on any atom is -0.336 e. The standard InChI is InChI=1S/C23H29ClN4O4S/c1-16-6-5-7-21(17(16)2)25-22(29)15-27-10-12-28(13-11-27)23(30)19-14-18(8-9-20(19)24)33(31,32)26(3)4/h5-9,14H,10-13,15H2,1-4H3,(H,25,29). The van der Waals surface area contributed by atoms with E-state index in [1.165, 1.54) is 32.3 Å². The molecule has 0 saturated carbocycles. The zero-order valence-electron chi connectivity index (χ0n) is 19.3. The lowest BCUT2D eigenvalue weighted by molar-refractivity contribution is -0.117. The van der Waals surface area contributed by atoms with Crippen LogP contribution in [0.5, 0.6) is 0 Å². The third-order valence-electron chi connectivity index (χ3n) is 5.85. The van der Waals surface area contributed by atoms with Crippen LogP contribution >= 0.6 is 11.6 Å². The fourth-order valence-corrected chi connectivity index (χ4v) is 4.73. The second-order valence-corrected chi connectivity index (χ2v) is 10.9. The number of benzene rings is 2. The van der Waals surface area contributed by atoms with Gasteiger partial charge in [0.15, 0.2) is 0 Å². The zero-order chi connectivity index (χ0) is 24.3. The molecule has 1 aliphatic rings. The lowest BCUT2D eigenvalue weighted by atomic mass is 10.1. The molecule has 0 unspecified atom stereocenters. The van der Waals surface area contributed by atoms with Crippen molar-refractivity contribution >= 4 is 39.1 Å². The molecule has 1 N–H and O–H groups in total. The highest BCUT2D eigenvalue weighted by molar-refractivity contribution is 7.89. The van der Waals surface area contributed by atoms with Crippen LogP contribution in [0.15, 0.2) is 41.3 Å². The van der Waals surface area contributed by atoms with E-state index in [-0.39, 0.29) is 33.8 Å². The summed E-state index contributed by atoms with van der Waals surface area (Å²) in [5.41, 5.74) is 3.11. The number of carbonyl (C=O) groups is 2. The molecule has 2 amide bonds. The molecule has 0 aromatic heterocycles. The molecule has 0 radical (unpaired) electrons. The van der Waals surface area contributed by atoms with E-state index in [0.717, 1.165) is 21.1 Å². The van der Waals surface area contributed by atoms with Crippen molar-refractivity contribution in [1.82, 2.24) is 14.1 Å². The van der Waals surface area contributed by atoms with Crippen molar-refractivity contribution in [3.63, 3.8) is 0 Å². The van der Waals surface area contributed by atoms with Crippen LogP contribution in [0.25, 0.3) is 0 Å². The Bertz CT molecular complexity index is 1160. The molecule has 0 atom stereocenters. The van der Waals surface area contributed by atoms with Crippen molar-refractivity contribution in [2.45, 2.75) is 18.7 Å². The number of piperazine rings is 1. The first-order chi connectivity index (χ1) is 15.5. The number of rotatable bonds is 6. The van der Waals surface area contributed by atoms with Crippen LogP contribution in [0.3, 0.4) is 0 Å². The zero-order valence-corrected chi connectivity index (χ0v) is 20.8. The van der Waals surface area contributed by atoms with Gasteiger partial charge in [0.1, 0.15) is 0 Å². The largest absolute Gasteiger partial charge is 0.336 e. The lowest BCUT2D eigenvalue weighted by Gasteiger charge is -2.34. The molecule has 10 heteroatoms. The molecular weight excluding hydrogens is 464 g/mol. The predicted octanol–water partition coefficient (Wildman–Crippen LogP) is 2.60. The molecule has 1 heterocycles. The van der Waals surface area contributed by atoms with E-state index in [2.05, 4.69) is 5.32 Å². The fraction of sp³-hybridized carbons (Fsp3) is 0.391. The Kier molecular flexibility index (Phi) is 7.79. The number of nitrogens with one attached hydrogen (secondary N) is 1. The molecule has 2 aromatic rings. The number of sulfonamides is 1. The van der Waals surface area contributed by atoms with Gasteiger partial charge in [-0.15, -0.1) is 0 Å². The number of hydrogen-bond acceptors (Lipinski definition) is 5. The second kappa shape index (κ2) is 10.2. The van der Waals surface area contributed by atoms with E-state index in [1.807, 2.05) is 36.9 Å². The molecule has 1 fully saturated rings. The highest BCUT2D eigenvalue weighted by Gasteiger charge is 2.27. The van der Waals surface area contributed by atoms with Gasteiger partial charge in [-0.2, -0.15) is 0 Å². The Morgan fingerprint density at radius 3 is 2.36 bits per heavy atom. The molecule has 1 saturated heterocycles. The summed E-state index contributed by atoms with van der Waals surface area (Å²) < 4.78 is 25.9. The number of hydrogen-bond donors (Lipinski definition) is 1. The topological polar surface area (TPSA) is 90.0 Å². The number of nitrogens with zero attached hydrogens (tertiary/aromatic N) is 3. The number of amides is 2. The van der Waals surface area contributed by atoms with Crippen LogP contribution in [0.2, 0.25) is 5.02 Å². The summed E-state index contributed by atoms with van der Waals surface area (Å²) in [5, 5.41) is 3.16. The highest BCUT2D eigenvalue weighted by Crippen LogP contribution is 2.24. The average molecular weight is 493 g/mol. The molecular formula is C23H29ClN4O4S. The van der Waals surface area contributed by atoms with Crippen LogP contribution in [-0.4, -0.2) is 81.2 Å². The summed E-state index contributed by atoms with van der Waals surface area (Å²) in [7, 11) is -0.820. The molecule has 0 spiro atoms. The molecule has 8 nitrogen and oxygen atoms in total. The number of halogens is 1. The van der Waals surface area contributed by atoms with Crippen molar-refractivity contribution in [1.29, 1.82) is 0 Å². The monoisotopic (exact) mass is 492 g/mol. The lowest BCUT2D eigenvalue weighted by Crippen LogP contribution is -2.50. The maximum atomic E-state index is 13.0. The van der Waals surface area contributed by atoms with Crippen molar-refractivity contribution in [2.24, 2.45) is 0 Å². The van der Waals surface area contributed by atoms with Gasteiger partial charge in [-0.25, -0.2) is 12.7 Å². The third-order valence-corrected chi connectivity index (χ3v) is 7.99. The van der Waals surface area contributed by atoms with Crippen LogP contribution in [0.4, 0.5) is 5.69 Å². The van der Waals surface area contributed by atoms with Crippen molar-refractivity contribution in [3.05, 3.63) is 58.1 Å². The van der Waals surface area contributed by atoms with Crippen LogP contribution < -0.4 is 5.32 Å². The summed E-state index contributed by atoms with van der Waals surface area (Å²) in [6.07, 6.45) is 0. The van der Waals surface area contributed by atoms with Crippen LogP contribution in [0.1, 0.15) is 21.5 Å². The van der Waals surface area contributed by atoms with E-state index in [9.17, 15) is 18.0 Å². The molecule has 178 valence electrons. The van der Waals surface area contributed by atoms with E-state index < -0.39 is 10.0 Å². The van der Waals surface area contributed by atoms with E-state index in [4.69, 9.17) is 11.6 Å². The van der Waals surface area contributed by atoms with E-state index in [0.29, 0.717) is 26.2 Å². The summed E-state index contributed by atoms with van der Waals surface area (Å²) in [5.74, 6) is -0.427. The van der Waals surface area contributed by atoms with Gasteiger partial charge in [0.25, 0.3) is 5.91 Å². The molecule has 0 aliphatic carbocycles. The Morgan fingerprint density at radius 2 is 1.73 bits per heavy atom. The van der Waals surface area contributed by atoms with Gasteiger partial charge in [-0.05, 0) is 49.2 Å². The summed E-state index contributed by atoms with van der Waals surface area (Å²) in [6, 6.07) is 9.93. The molecule has 33 heavy (non-hydrogen) atoms. The van der Waals surface area contributed by atoms with Gasteiger partial charge in [0.2, 0.25) is 15.9 Å². The third kappa shape index (κ3) is 5.73. The highest BCUT2D eigenvalue weighted by atomic mass is 35.5. The Labute approximate surface area is 200 Å². The summed E-state index contributed by atoms with van der Waals surface area (Å²) in [4.78, 5) is 29.2. The Morgan fingerprint density at radius 1 is 1.06 bits per heavy atom. The summed E-state index contributed by atoms with van der Waals surface area (Å²) >= 11 is 6.22. The summed E-state index contributed by atoms with van der Waals surface area (Å²) in [6.45, 7) is 6.08. The maximum absolute atomic E-state index is 13.0. The predicted molar refractivity (Wildman–Crippen MR) is 129 cm³/mol. The second-order valence-electron chi connectivity index (χ2n) is 8.29. The quantitative estimate of drug-likeness (QED) is 0.669. The number of carbonyl (C=O) groups excluding carboxylic acids is 2. The normalized spacial score (nSPS) is 15.0. The molecule has 0 bridgehead atoms. The Balaban J connectivity index is 1.61. The van der Waals surface area contributed by atoms with Gasteiger partial charge in [-0.1, -0.05) is 23.7 Å². The number of anilines is 1. The number of aryl methyl sites for hydroxylation is 1.